The minimum Gasteiger partial charge on any atom is -0.388 e. The molecule has 1 heterocycles. The molecule has 362 valence electrons. The molecule has 3 nitrogen and oxygen atoms in total. The van der Waals surface area contributed by atoms with Crippen molar-refractivity contribution in [2.24, 2.45) is 16.3 Å². The van der Waals surface area contributed by atoms with Crippen LogP contribution in [0.3, 0.4) is 0 Å². The number of fused-ring (bicyclic) bond motifs is 3. The number of benzene rings is 10. The van der Waals surface area contributed by atoms with Gasteiger partial charge in [-0.1, -0.05) is 280 Å². The molecule has 1 aliphatic rings. The number of nitrogens with zero attached hydrogens (tertiary/aromatic N) is 2. The predicted molar refractivity (Wildman–Crippen MR) is 318 cm³/mol. The quantitative estimate of drug-likeness (QED) is 0.102. The lowest BCUT2D eigenvalue weighted by Crippen LogP contribution is -2.45. The fraction of sp³-hybridized carbons (Fsp3) is 0.0972. The second-order valence-electron chi connectivity index (χ2n) is 20.0. The normalized spacial score (nSPS) is 16.1. The Labute approximate surface area is 441 Å². The van der Waals surface area contributed by atoms with Crippen molar-refractivity contribution in [1.82, 2.24) is 9.88 Å². The lowest BCUT2D eigenvalue weighted by atomic mass is 9.58. The molecule has 1 aromatic heterocycles. The molecule has 0 aliphatic heterocycles. The Bertz CT molecular complexity index is 3690. The van der Waals surface area contributed by atoms with Crippen molar-refractivity contribution in [3.63, 3.8) is 0 Å². The standard InChI is InChI=1S/C72H59N3/c1-72(59(47-51-27-11-3-12-28-51)50-74-66(58-41-25-10-26-42-58)48-65(73-2)57-39-23-9-24-40-57)49-64(56-37-21-8-22-38-56)71(72)75-69-62(54-33-17-6-18-34-54)45-43-60(52-29-13-4-14-30-52)67(69)68-61(53-31-15-5-16-32-53)44-46-63(70(68)75)55-35-19-7-20-36-55/h3-46,48-49,59,71,73H,47,50H2,1-2H3/b65-48-,74-66+/t59?,71-,72-/m0/s1. The lowest BCUT2D eigenvalue weighted by molar-refractivity contribution is 0.177. The fourth-order valence-electron chi connectivity index (χ4n) is 11.8. The number of hydrogen-bond donors (Lipinski definition) is 1. The fourth-order valence-corrected chi connectivity index (χ4v) is 11.8. The maximum Gasteiger partial charge on any atom is 0.0687 e. The summed E-state index contributed by atoms with van der Waals surface area (Å²) in [7, 11) is 2.00. The van der Waals surface area contributed by atoms with Gasteiger partial charge < -0.3 is 9.88 Å². The van der Waals surface area contributed by atoms with Crippen LogP contribution in [0.5, 0.6) is 0 Å². The highest BCUT2D eigenvalue weighted by Gasteiger charge is 2.51. The molecule has 1 aliphatic carbocycles. The van der Waals surface area contributed by atoms with Crippen LogP contribution in [-0.4, -0.2) is 23.9 Å². The van der Waals surface area contributed by atoms with Gasteiger partial charge in [0.05, 0.1) is 22.8 Å². The van der Waals surface area contributed by atoms with E-state index in [2.05, 4.69) is 296 Å². The number of nitrogens with one attached hydrogen (secondary N) is 1. The van der Waals surface area contributed by atoms with Crippen LogP contribution < -0.4 is 5.32 Å². The third-order valence-electron chi connectivity index (χ3n) is 15.5. The third kappa shape index (κ3) is 9.02. The zero-order valence-electron chi connectivity index (χ0n) is 42.5. The first kappa shape index (κ1) is 47.0. The molecular formula is C72H59N3. The van der Waals surface area contributed by atoms with Gasteiger partial charge in [0.2, 0.25) is 0 Å². The van der Waals surface area contributed by atoms with Crippen LogP contribution in [0.25, 0.3) is 77.6 Å². The van der Waals surface area contributed by atoms with Crippen LogP contribution in [0, 0.1) is 11.3 Å². The van der Waals surface area contributed by atoms with Crippen LogP contribution in [0.2, 0.25) is 0 Å². The molecular weight excluding hydrogens is 907 g/mol. The summed E-state index contributed by atoms with van der Waals surface area (Å²) < 4.78 is 2.81. The first-order valence-corrected chi connectivity index (χ1v) is 26.3. The lowest BCUT2D eigenvalue weighted by Gasteiger charge is -2.51. The molecule has 0 spiro atoms. The van der Waals surface area contributed by atoms with Crippen LogP contribution in [-0.2, 0) is 6.42 Å². The van der Waals surface area contributed by atoms with Gasteiger partial charge in [-0.05, 0) is 79.6 Å². The average molecular weight is 966 g/mol. The molecule has 0 amide bonds. The summed E-state index contributed by atoms with van der Waals surface area (Å²) in [6.07, 6.45) is 5.68. The van der Waals surface area contributed by atoms with Gasteiger partial charge in [0.1, 0.15) is 0 Å². The second-order valence-corrected chi connectivity index (χ2v) is 20.0. The summed E-state index contributed by atoms with van der Waals surface area (Å²) in [6, 6.07) is 97.0. The Kier molecular flexibility index (Phi) is 13.0. The highest BCUT2D eigenvalue weighted by molar-refractivity contribution is 6.26. The molecule has 0 radical (unpaired) electrons. The van der Waals surface area contributed by atoms with Gasteiger partial charge in [0, 0.05) is 46.6 Å². The average Bonchev–Trinajstić information content (AvgIpc) is 3.94. The monoisotopic (exact) mass is 965 g/mol. The summed E-state index contributed by atoms with van der Waals surface area (Å²) in [4.78, 5) is 5.79. The van der Waals surface area contributed by atoms with E-state index in [0.717, 1.165) is 29.0 Å². The molecule has 75 heavy (non-hydrogen) atoms. The minimum absolute atomic E-state index is 0.0571. The minimum atomic E-state index is -0.423. The summed E-state index contributed by atoms with van der Waals surface area (Å²) >= 11 is 0. The van der Waals surface area contributed by atoms with Gasteiger partial charge in [-0.15, -0.1) is 0 Å². The van der Waals surface area contributed by atoms with E-state index in [1.165, 1.54) is 83.0 Å². The summed E-state index contributed by atoms with van der Waals surface area (Å²) in [5.74, 6) is 0.0571. The Morgan fingerprint density at radius 3 is 1.28 bits per heavy atom. The number of aromatic nitrogens is 1. The van der Waals surface area contributed by atoms with Crippen molar-refractivity contribution in [1.29, 1.82) is 0 Å². The maximum atomic E-state index is 5.79. The topological polar surface area (TPSA) is 29.3 Å². The van der Waals surface area contributed by atoms with Gasteiger partial charge in [-0.25, -0.2) is 0 Å². The highest BCUT2D eigenvalue weighted by atomic mass is 15.1. The van der Waals surface area contributed by atoms with Crippen molar-refractivity contribution in [2.75, 3.05) is 13.6 Å². The first-order valence-electron chi connectivity index (χ1n) is 26.3. The molecule has 0 fully saturated rings. The number of hydrogen-bond acceptors (Lipinski definition) is 2. The van der Waals surface area contributed by atoms with Gasteiger partial charge in [0.25, 0.3) is 0 Å². The molecule has 12 rings (SSSR count). The third-order valence-corrected chi connectivity index (χ3v) is 15.5. The molecule has 0 saturated carbocycles. The van der Waals surface area contributed by atoms with E-state index in [1.54, 1.807) is 0 Å². The Balaban J connectivity index is 1.20. The number of aliphatic imine (C=N–C) groups is 1. The van der Waals surface area contributed by atoms with E-state index in [1.807, 2.05) is 7.05 Å². The second kappa shape index (κ2) is 20.8. The van der Waals surface area contributed by atoms with Gasteiger partial charge in [0.15, 0.2) is 0 Å². The smallest absolute Gasteiger partial charge is 0.0687 e. The van der Waals surface area contributed by atoms with E-state index in [-0.39, 0.29) is 12.0 Å². The molecule has 0 bridgehead atoms. The molecule has 11 aromatic rings. The molecule has 0 saturated heterocycles. The van der Waals surface area contributed by atoms with Crippen molar-refractivity contribution >= 4 is 38.8 Å². The largest absolute Gasteiger partial charge is 0.388 e. The predicted octanol–water partition coefficient (Wildman–Crippen LogP) is 17.7. The van der Waals surface area contributed by atoms with E-state index in [9.17, 15) is 0 Å². The zero-order chi connectivity index (χ0) is 50.6. The van der Waals surface area contributed by atoms with Crippen LogP contribution in [0.15, 0.2) is 284 Å². The molecule has 10 aromatic carbocycles. The van der Waals surface area contributed by atoms with Crippen molar-refractivity contribution in [3.8, 4) is 44.5 Å². The van der Waals surface area contributed by atoms with E-state index in [4.69, 9.17) is 4.99 Å². The Hall–Kier alpha value is -9.05. The van der Waals surface area contributed by atoms with E-state index >= 15 is 0 Å². The first-order chi connectivity index (χ1) is 37.1. The Morgan fingerprint density at radius 2 is 0.840 bits per heavy atom. The molecule has 3 heteroatoms. The van der Waals surface area contributed by atoms with Crippen LogP contribution in [0.1, 0.15) is 35.2 Å². The van der Waals surface area contributed by atoms with Crippen molar-refractivity contribution in [3.05, 3.63) is 301 Å². The molecule has 1 unspecified atom stereocenters. The van der Waals surface area contributed by atoms with E-state index < -0.39 is 5.41 Å². The molecule has 1 N–H and O–H groups in total. The summed E-state index contributed by atoms with van der Waals surface area (Å²) in [5.41, 5.74) is 19.6. The number of allylic oxidation sites excluding steroid dienone is 3. The van der Waals surface area contributed by atoms with Gasteiger partial charge in [-0.2, -0.15) is 0 Å². The molecule has 3 atom stereocenters. The highest BCUT2D eigenvalue weighted by Crippen LogP contribution is 2.61. The zero-order valence-corrected chi connectivity index (χ0v) is 42.5. The Morgan fingerprint density at radius 1 is 0.467 bits per heavy atom. The maximum absolute atomic E-state index is 5.79. The van der Waals surface area contributed by atoms with E-state index in [0.29, 0.717) is 6.54 Å². The SMILES string of the molecule is CN/C(=C\C(=N/CC(Cc1ccccc1)[C@]1(C)C=C(c2ccccc2)[C@@H]1n1c2c(-c3ccccc3)ccc(-c3ccccc3)c2c2c(-c3ccccc3)ccc(-c3ccccc3)c21)c1ccccc1)c1ccccc1. The van der Waals surface area contributed by atoms with Gasteiger partial charge >= 0.3 is 0 Å². The van der Waals surface area contributed by atoms with Crippen LogP contribution >= 0.6 is 0 Å². The van der Waals surface area contributed by atoms with Crippen molar-refractivity contribution in [2.45, 2.75) is 19.4 Å². The number of rotatable bonds is 15. The van der Waals surface area contributed by atoms with Crippen LogP contribution in [0.4, 0.5) is 0 Å². The summed E-state index contributed by atoms with van der Waals surface area (Å²) in [6.45, 7) is 3.12. The summed E-state index contributed by atoms with van der Waals surface area (Å²) in [5, 5.41) is 6.03. The van der Waals surface area contributed by atoms with Gasteiger partial charge in [-0.3, -0.25) is 4.99 Å². The van der Waals surface area contributed by atoms with Crippen molar-refractivity contribution < 1.29 is 0 Å².